The van der Waals surface area contributed by atoms with Gasteiger partial charge in [0, 0.05) is 21.8 Å². The fraction of sp³-hybridized carbons (Fsp3) is 0.619. The third-order valence-electron chi connectivity index (χ3n) is 7.86. The van der Waals surface area contributed by atoms with Crippen LogP contribution in [0, 0.1) is 28.6 Å². The Hall–Kier alpha value is -1.27. The van der Waals surface area contributed by atoms with Gasteiger partial charge in [0.1, 0.15) is 12.2 Å². The van der Waals surface area contributed by atoms with Crippen molar-refractivity contribution in [3.05, 3.63) is 34.9 Å². The summed E-state index contributed by atoms with van der Waals surface area (Å²) in [4.78, 5) is 24.2. The van der Waals surface area contributed by atoms with E-state index in [1.54, 1.807) is 0 Å². The summed E-state index contributed by atoms with van der Waals surface area (Å²) in [5.41, 5.74) is -2.34. The molecule has 27 heavy (non-hydrogen) atoms. The number of halogens is 1. The predicted octanol–water partition coefficient (Wildman–Crippen LogP) is 1.90. The lowest BCUT2D eigenvalue weighted by molar-refractivity contribution is -0.172. The topological polar surface area (TPSA) is 94.8 Å². The fourth-order valence-electron chi connectivity index (χ4n) is 6.46. The van der Waals surface area contributed by atoms with E-state index in [1.807, 2.05) is 26.0 Å². The Kier molecular flexibility index (Phi) is 4.14. The zero-order valence-electron chi connectivity index (χ0n) is 15.5. The molecule has 6 heteroatoms. The summed E-state index contributed by atoms with van der Waals surface area (Å²) >= 11 is 6.57. The fourth-order valence-corrected chi connectivity index (χ4v) is 6.86. The summed E-state index contributed by atoms with van der Waals surface area (Å²) in [5, 5.41) is 32.2. The van der Waals surface area contributed by atoms with Crippen LogP contribution in [0.25, 0.3) is 0 Å². The highest BCUT2D eigenvalue weighted by Gasteiger charge is 2.67. The molecule has 0 radical (unpaired) electrons. The van der Waals surface area contributed by atoms with Gasteiger partial charge in [0.2, 0.25) is 0 Å². The van der Waals surface area contributed by atoms with E-state index < -0.39 is 34.9 Å². The molecule has 0 aromatic rings. The van der Waals surface area contributed by atoms with Gasteiger partial charge < -0.3 is 15.3 Å². The molecule has 7 atom stereocenters. The lowest BCUT2D eigenvalue weighted by Gasteiger charge is -2.58. The number of Topliss-reactive ketones (excluding diaryl/α,β-unsaturated/α-hetero) is 1. The summed E-state index contributed by atoms with van der Waals surface area (Å²) in [6.07, 6.45) is 7.16. The lowest BCUT2D eigenvalue weighted by Crippen LogP contribution is -2.61. The Labute approximate surface area is 163 Å². The average molecular weight is 393 g/mol. The Morgan fingerprint density at radius 2 is 2.07 bits per heavy atom. The molecule has 0 aromatic carbocycles. The molecule has 0 saturated heterocycles. The molecule has 0 spiro atoms. The van der Waals surface area contributed by atoms with Gasteiger partial charge in [-0.3, -0.25) is 9.59 Å². The van der Waals surface area contributed by atoms with Crippen molar-refractivity contribution < 1.29 is 24.9 Å². The highest BCUT2D eigenvalue weighted by molar-refractivity contribution is 6.32. The number of aliphatic hydroxyl groups is 3. The summed E-state index contributed by atoms with van der Waals surface area (Å²) in [5.74, 6) is -1.08. The van der Waals surface area contributed by atoms with Crippen LogP contribution in [0.3, 0.4) is 0 Å². The number of hydrogen-bond acceptors (Lipinski definition) is 5. The number of hydrogen-bond donors (Lipinski definition) is 3. The van der Waals surface area contributed by atoms with Crippen LogP contribution in [0.15, 0.2) is 34.9 Å². The van der Waals surface area contributed by atoms with Crippen molar-refractivity contribution in [2.45, 2.75) is 44.8 Å². The van der Waals surface area contributed by atoms with Crippen molar-refractivity contribution in [3.63, 3.8) is 0 Å². The van der Waals surface area contributed by atoms with Gasteiger partial charge in [0.25, 0.3) is 0 Å². The molecule has 0 bridgehead atoms. The molecule has 4 rings (SSSR count). The van der Waals surface area contributed by atoms with Gasteiger partial charge in [-0.1, -0.05) is 37.6 Å². The summed E-state index contributed by atoms with van der Waals surface area (Å²) in [6, 6.07) is 0. The molecule has 4 aliphatic rings. The Bertz CT molecular complexity index is 813. The van der Waals surface area contributed by atoms with Crippen molar-refractivity contribution in [2.75, 3.05) is 6.61 Å². The first kappa shape index (κ1) is 19.1. The van der Waals surface area contributed by atoms with Crippen LogP contribution in [-0.2, 0) is 9.59 Å². The molecular formula is C21H25ClO5. The van der Waals surface area contributed by atoms with E-state index in [0.717, 1.165) is 5.57 Å². The third-order valence-corrected chi connectivity index (χ3v) is 8.19. The lowest BCUT2D eigenvalue weighted by atomic mass is 9.48. The maximum absolute atomic E-state index is 12.4. The normalized spacial score (nSPS) is 48.3. The van der Waals surface area contributed by atoms with E-state index in [4.69, 9.17) is 11.6 Å². The minimum atomic E-state index is -1.64. The molecule has 0 aliphatic heterocycles. The molecule has 2 fully saturated rings. The van der Waals surface area contributed by atoms with Gasteiger partial charge in [-0.2, -0.15) is 0 Å². The van der Waals surface area contributed by atoms with Crippen LogP contribution in [-0.4, -0.2) is 45.2 Å². The van der Waals surface area contributed by atoms with Gasteiger partial charge in [0.05, 0.1) is 6.10 Å². The van der Waals surface area contributed by atoms with Crippen molar-refractivity contribution in [2.24, 2.45) is 28.6 Å². The largest absolute Gasteiger partial charge is 0.393 e. The molecular weight excluding hydrogens is 368 g/mol. The minimum Gasteiger partial charge on any atom is -0.393 e. The second-order valence-electron chi connectivity index (χ2n) is 8.97. The highest BCUT2D eigenvalue weighted by atomic mass is 35.5. The van der Waals surface area contributed by atoms with Crippen LogP contribution in [0.1, 0.15) is 33.1 Å². The second kappa shape index (κ2) is 5.86. The highest BCUT2D eigenvalue weighted by Crippen LogP contribution is 2.66. The smallest absolute Gasteiger partial charge is 0.190 e. The van der Waals surface area contributed by atoms with E-state index in [-0.39, 0.29) is 36.4 Å². The molecule has 4 aliphatic carbocycles. The van der Waals surface area contributed by atoms with Gasteiger partial charge in [-0.05, 0) is 48.8 Å². The van der Waals surface area contributed by atoms with Crippen LogP contribution in [0.4, 0.5) is 0 Å². The number of carbonyl (C=O) groups excluding carboxylic acids is 2. The summed E-state index contributed by atoms with van der Waals surface area (Å²) < 4.78 is 0. The standard InChI is InChI=1S/C21H25ClO5/c1-19-5-3-11(24)7-14(19)15(22)8-12-13-4-6-21(27,17(26)10-23)20(13,2)9-16(25)18(12)19/h3,5,7-8,12-13,16,18,23,25,27H,4,6,9-10H2,1-2H3/t12-,13-,16-,18+,19+,20-,21-/m1/s1. The Balaban J connectivity index is 1.84. The van der Waals surface area contributed by atoms with Crippen LogP contribution in [0.2, 0.25) is 0 Å². The zero-order chi connectivity index (χ0) is 19.8. The van der Waals surface area contributed by atoms with Gasteiger partial charge in [-0.25, -0.2) is 0 Å². The number of ketones is 2. The molecule has 2 saturated carbocycles. The third kappa shape index (κ3) is 2.29. The quantitative estimate of drug-likeness (QED) is 0.667. The predicted molar refractivity (Wildman–Crippen MR) is 99.8 cm³/mol. The molecule has 0 unspecified atom stereocenters. The van der Waals surface area contributed by atoms with E-state index in [0.29, 0.717) is 11.5 Å². The SMILES string of the molecule is C[C@]12C=CC(=O)C=C1C(Cl)=C[C@H]1[C@H]2[C@H](O)C[C@]2(C)[C@@H]1CC[C@@]2(O)C(=O)CO. The van der Waals surface area contributed by atoms with E-state index in [2.05, 4.69) is 0 Å². The van der Waals surface area contributed by atoms with Crippen molar-refractivity contribution >= 4 is 23.2 Å². The van der Waals surface area contributed by atoms with Crippen molar-refractivity contribution in [3.8, 4) is 0 Å². The maximum atomic E-state index is 12.4. The van der Waals surface area contributed by atoms with E-state index >= 15 is 0 Å². The first-order chi connectivity index (χ1) is 12.6. The summed E-state index contributed by atoms with van der Waals surface area (Å²) in [6.45, 7) is 3.11. The first-order valence-corrected chi connectivity index (χ1v) is 9.84. The molecule has 3 N–H and O–H groups in total. The van der Waals surface area contributed by atoms with Crippen LogP contribution < -0.4 is 0 Å². The van der Waals surface area contributed by atoms with Crippen LogP contribution >= 0.6 is 11.6 Å². The molecule has 0 heterocycles. The van der Waals surface area contributed by atoms with Crippen molar-refractivity contribution in [1.82, 2.24) is 0 Å². The molecule has 5 nitrogen and oxygen atoms in total. The molecule has 146 valence electrons. The van der Waals surface area contributed by atoms with Crippen molar-refractivity contribution in [1.29, 1.82) is 0 Å². The monoisotopic (exact) mass is 392 g/mol. The maximum Gasteiger partial charge on any atom is 0.190 e. The zero-order valence-corrected chi connectivity index (χ0v) is 16.2. The second-order valence-corrected chi connectivity index (χ2v) is 9.38. The van der Waals surface area contributed by atoms with E-state index in [1.165, 1.54) is 12.2 Å². The van der Waals surface area contributed by atoms with E-state index in [9.17, 15) is 24.9 Å². The number of fused-ring (bicyclic) bond motifs is 5. The number of aliphatic hydroxyl groups excluding tert-OH is 2. The van der Waals surface area contributed by atoms with Gasteiger partial charge in [0.15, 0.2) is 11.6 Å². The Morgan fingerprint density at radius 3 is 2.74 bits per heavy atom. The number of rotatable bonds is 2. The Morgan fingerprint density at radius 1 is 1.37 bits per heavy atom. The number of carbonyl (C=O) groups is 2. The molecule has 0 aromatic heterocycles. The van der Waals surface area contributed by atoms with Gasteiger partial charge >= 0.3 is 0 Å². The number of allylic oxidation sites excluding steroid dienone is 6. The molecule has 0 amide bonds. The van der Waals surface area contributed by atoms with Crippen LogP contribution in [0.5, 0.6) is 0 Å². The average Bonchev–Trinajstić information content (AvgIpc) is 2.87. The minimum absolute atomic E-state index is 0.0513. The summed E-state index contributed by atoms with van der Waals surface area (Å²) in [7, 11) is 0. The first-order valence-electron chi connectivity index (χ1n) is 9.46. The van der Waals surface area contributed by atoms with Gasteiger partial charge in [-0.15, -0.1) is 0 Å².